The third kappa shape index (κ3) is 4.04. The molecule has 0 aromatic carbocycles. The molecule has 0 radical (unpaired) electrons. The van der Waals surface area contributed by atoms with Crippen molar-refractivity contribution in [2.75, 3.05) is 32.7 Å². The fourth-order valence-corrected chi connectivity index (χ4v) is 2.60. The van der Waals surface area contributed by atoms with E-state index in [1.807, 2.05) is 18.7 Å². The smallest absolute Gasteiger partial charge is 0.317 e. The molecule has 0 atom stereocenters. The molecule has 1 aliphatic rings. The first-order chi connectivity index (χ1) is 9.97. The van der Waals surface area contributed by atoms with Gasteiger partial charge in [-0.3, -0.25) is 14.5 Å². The molecule has 7 heteroatoms. The summed E-state index contributed by atoms with van der Waals surface area (Å²) < 4.78 is 5.09. The van der Waals surface area contributed by atoms with Crippen LogP contribution in [0.5, 0.6) is 0 Å². The third-order valence-electron chi connectivity index (χ3n) is 3.85. The molecule has 1 aliphatic heterocycles. The summed E-state index contributed by atoms with van der Waals surface area (Å²) in [5.41, 5.74) is 1.85. The van der Waals surface area contributed by atoms with Crippen molar-refractivity contribution in [3.8, 4) is 0 Å². The first kappa shape index (κ1) is 15.5. The maximum Gasteiger partial charge on any atom is 0.317 e. The fraction of sp³-hybridized carbons (Fsp3) is 0.643. The summed E-state index contributed by atoms with van der Waals surface area (Å²) in [5, 5.41) is 12.6. The molecule has 0 aliphatic carbocycles. The fourth-order valence-electron chi connectivity index (χ4n) is 2.60. The first-order valence-electron chi connectivity index (χ1n) is 7.11. The second-order valence-corrected chi connectivity index (χ2v) is 5.35. The van der Waals surface area contributed by atoms with E-state index in [-0.39, 0.29) is 12.5 Å². The summed E-state index contributed by atoms with van der Waals surface area (Å²) in [4.78, 5) is 26.5. The van der Waals surface area contributed by atoms with E-state index < -0.39 is 5.97 Å². The SMILES string of the molecule is Cc1noc(C)c1CCC(=O)N1CCN(CC(=O)O)CC1. The van der Waals surface area contributed by atoms with Gasteiger partial charge in [0.05, 0.1) is 12.2 Å². The van der Waals surface area contributed by atoms with Gasteiger partial charge in [0.15, 0.2) is 0 Å². The lowest BCUT2D eigenvalue weighted by molar-refractivity contribution is -0.139. The number of carboxylic acids is 1. The van der Waals surface area contributed by atoms with Gasteiger partial charge < -0.3 is 14.5 Å². The van der Waals surface area contributed by atoms with Crippen molar-refractivity contribution in [1.82, 2.24) is 15.0 Å². The average molecular weight is 295 g/mol. The summed E-state index contributed by atoms with van der Waals surface area (Å²) in [6.07, 6.45) is 1.07. The molecule has 0 bridgehead atoms. The number of hydrogen-bond donors (Lipinski definition) is 1. The van der Waals surface area contributed by atoms with Gasteiger partial charge >= 0.3 is 5.97 Å². The van der Waals surface area contributed by atoms with Gasteiger partial charge in [0.25, 0.3) is 0 Å². The van der Waals surface area contributed by atoms with Crippen molar-refractivity contribution in [3.63, 3.8) is 0 Å². The van der Waals surface area contributed by atoms with Crippen LogP contribution in [0.25, 0.3) is 0 Å². The van der Waals surface area contributed by atoms with Crippen LogP contribution >= 0.6 is 0 Å². The van der Waals surface area contributed by atoms with Crippen molar-refractivity contribution in [3.05, 3.63) is 17.0 Å². The molecule has 1 N–H and O–H groups in total. The summed E-state index contributed by atoms with van der Waals surface area (Å²) in [6.45, 7) is 6.18. The zero-order valence-electron chi connectivity index (χ0n) is 12.5. The molecule has 0 saturated carbocycles. The standard InChI is InChI=1S/C14H21N3O4/c1-10-12(11(2)21-15-10)3-4-13(18)17-7-5-16(6-8-17)9-14(19)20/h3-9H2,1-2H3,(H,19,20). The zero-order valence-corrected chi connectivity index (χ0v) is 12.5. The maximum absolute atomic E-state index is 12.2. The van der Waals surface area contributed by atoms with E-state index in [2.05, 4.69) is 5.16 Å². The van der Waals surface area contributed by atoms with E-state index in [0.717, 1.165) is 17.0 Å². The van der Waals surface area contributed by atoms with E-state index in [9.17, 15) is 9.59 Å². The number of nitrogens with zero attached hydrogens (tertiary/aromatic N) is 3. The topological polar surface area (TPSA) is 86.9 Å². The molecule has 1 aromatic rings. The van der Waals surface area contributed by atoms with Crippen molar-refractivity contribution in [1.29, 1.82) is 0 Å². The Labute approximate surface area is 123 Å². The van der Waals surface area contributed by atoms with Crippen molar-refractivity contribution in [2.45, 2.75) is 26.7 Å². The number of piperazine rings is 1. The van der Waals surface area contributed by atoms with Crippen LogP contribution in [0.4, 0.5) is 0 Å². The molecule has 116 valence electrons. The normalized spacial score (nSPS) is 16.2. The Morgan fingerprint density at radius 1 is 1.24 bits per heavy atom. The number of carbonyl (C=O) groups is 2. The Kier molecular flexibility index (Phi) is 4.95. The Morgan fingerprint density at radius 2 is 1.90 bits per heavy atom. The number of aliphatic carboxylic acids is 1. The zero-order chi connectivity index (χ0) is 15.4. The first-order valence-corrected chi connectivity index (χ1v) is 7.11. The predicted molar refractivity (Wildman–Crippen MR) is 75.0 cm³/mol. The summed E-state index contributed by atoms with van der Waals surface area (Å²) in [6, 6.07) is 0. The molecular weight excluding hydrogens is 274 g/mol. The second-order valence-electron chi connectivity index (χ2n) is 5.35. The number of carbonyl (C=O) groups excluding carboxylic acids is 1. The highest BCUT2D eigenvalue weighted by Crippen LogP contribution is 2.15. The molecule has 1 saturated heterocycles. The lowest BCUT2D eigenvalue weighted by Crippen LogP contribution is -2.49. The lowest BCUT2D eigenvalue weighted by Gasteiger charge is -2.33. The van der Waals surface area contributed by atoms with Crippen LogP contribution in [0.2, 0.25) is 0 Å². The van der Waals surface area contributed by atoms with Gasteiger partial charge in [0.2, 0.25) is 5.91 Å². The van der Waals surface area contributed by atoms with Gasteiger partial charge in [-0.2, -0.15) is 0 Å². The van der Waals surface area contributed by atoms with Gasteiger partial charge in [0.1, 0.15) is 5.76 Å². The van der Waals surface area contributed by atoms with Crippen LogP contribution in [0.3, 0.4) is 0 Å². The maximum atomic E-state index is 12.2. The summed E-state index contributed by atoms with van der Waals surface area (Å²) in [5.74, 6) is 0.0461. The molecule has 1 fully saturated rings. The monoisotopic (exact) mass is 295 g/mol. The summed E-state index contributed by atoms with van der Waals surface area (Å²) >= 11 is 0. The molecule has 1 aromatic heterocycles. The van der Waals surface area contributed by atoms with Gasteiger partial charge in [-0.15, -0.1) is 0 Å². The molecule has 2 heterocycles. The minimum absolute atomic E-state index is 0.0428. The molecule has 1 amide bonds. The van der Waals surface area contributed by atoms with Crippen LogP contribution in [0.1, 0.15) is 23.4 Å². The minimum Gasteiger partial charge on any atom is -0.480 e. The van der Waals surface area contributed by atoms with E-state index in [1.54, 1.807) is 4.90 Å². The number of aromatic nitrogens is 1. The van der Waals surface area contributed by atoms with Crippen LogP contribution in [-0.2, 0) is 16.0 Å². The van der Waals surface area contributed by atoms with Crippen molar-refractivity contribution >= 4 is 11.9 Å². The van der Waals surface area contributed by atoms with E-state index in [0.29, 0.717) is 39.0 Å². The number of rotatable bonds is 5. The van der Waals surface area contributed by atoms with Gasteiger partial charge in [0, 0.05) is 38.2 Å². The number of carboxylic acid groups (broad SMARTS) is 1. The Bertz CT molecular complexity index is 499. The predicted octanol–water partition coefficient (Wildman–Crippen LogP) is 0.453. The molecule has 2 rings (SSSR count). The Morgan fingerprint density at radius 3 is 2.43 bits per heavy atom. The molecule has 0 unspecified atom stereocenters. The molecular formula is C14H21N3O4. The average Bonchev–Trinajstić information content (AvgIpc) is 2.75. The van der Waals surface area contributed by atoms with Crippen LogP contribution in [-0.4, -0.2) is 64.7 Å². The molecule has 7 nitrogen and oxygen atoms in total. The van der Waals surface area contributed by atoms with Crippen molar-refractivity contribution in [2.24, 2.45) is 0 Å². The number of amides is 1. The van der Waals surface area contributed by atoms with Gasteiger partial charge in [-0.25, -0.2) is 0 Å². The highest BCUT2D eigenvalue weighted by molar-refractivity contribution is 5.76. The van der Waals surface area contributed by atoms with Gasteiger partial charge in [-0.1, -0.05) is 5.16 Å². The number of hydrogen-bond acceptors (Lipinski definition) is 5. The second kappa shape index (κ2) is 6.71. The van der Waals surface area contributed by atoms with Crippen LogP contribution in [0.15, 0.2) is 4.52 Å². The van der Waals surface area contributed by atoms with E-state index in [4.69, 9.17) is 9.63 Å². The summed E-state index contributed by atoms with van der Waals surface area (Å²) in [7, 11) is 0. The minimum atomic E-state index is -0.826. The van der Waals surface area contributed by atoms with Crippen LogP contribution in [0, 0.1) is 13.8 Å². The quantitative estimate of drug-likeness (QED) is 0.849. The highest BCUT2D eigenvalue weighted by Gasteiger charge is 2.22. The van der Waals surface area contributed by atoms with Gasteiger partial charge in [-0.05, 0) is 20.3 Å². The van der Waals surface area contributed by atoms with E-state index in [1.165, 1.54) is 0 Å². The van der Waals surface area contributed by atoms with Crippen LogP contribution < -0.4 is 0 Å². The Hall–Kier alpha value is -1.89. The van der Waals surface area contributed by atoms with E-state index >= 15 is 0 Å². The largest absolute Gasteiger partial charge is 0.480 e. The highest BCUT2D eigenvalue weighted by atomic mass is 16.5. The molecule has 0 spiro atoms. The third-order valence-corrected chi connectivity index (χ3v) is 3.85. The van der Waals surface area contributed by atoms with Crippen molar-refractivity contribution < 1.29 is 19.2 Å². The lowest BCUT2D eigenvalue weighted by atomic mass is 10.1. The molecule has 21 heavy (non-hydrogen) atoms. The number of aryl methyl sites for hydroxylation is 2. The Balaban J connectivity index is 1.79.